The van der Waals surface area contributed by atoms with E-state index in [9.17, 15) is 9.59 Å². The molecule has 13 heavy (non-hydrogen) atoms. The van der Waals surface area contributed by atoms with Crippen LogP contribution in [0.25, 0.3) is 0 Å². The van der Waals surface area contributed by atoms with Crippen LogP contribution < -0.4 is 10.6 Å². The second-order valence-electron chi connectivity index (χ2n) is 3.31. The van der Waals surface area contributed by atoms with Gasteiger partial charge < -0.3 is 5.32 Å². The normalized spacial score (nSPS) is 22.4. The van der Waals surface area contributed by atoms with Crippen LogP contribution in [0.1, 0.15) is 26.2 Å². The van der Waals surface area contributed by atoms with Crippen LogP contribution in [0.4, 0.5) is 0 Å². The predicted molar refractivity (Wildman–Crippen MR) is 49.0 cm³/mol. The van der Waals surface area contributed by atoms with Crippen molar-refractivity contribution in [2.24, 2.45) is 5.92 Å². The zero-order chi connectivity index (χ0) is 9.68. The lowest BCUT2D eigenvalue weighted by Crippen LogP contribution is -2.42. The summed E-state index contributed by atoms with van der Waals surface area (Å²) in [6, 6.07) is 0. The molecule has 0 spiro atoms. The topological polar surface area (TPSA) is 58.2 Å². The Balaban J connectivity index is 2.33. The summed E-state index contributed by atoms with van der Waals surface area (Å²) in [5.41, 5.74) is 0. The molecule has 0 aromatic heterocycles. The maximum atomic E-state index is 11.4. The highest BCUT2D eigenvalue weighted by molar-refractivity contribution is 5.96. The van der Waals surface area contributed by atoms with E-state index in [0.717, 1.165) is 19.4 Å². The Labute approximate surface area is 78.1 Å². The van der Waals surface area contributed by atoms with E-state index in [1.165, 1.54) is 0 Å². The van der Waals surface area contributed by atoms with Crippen LogP contribution in [0.15, 0.2) is 0 Å². The Kier molecular flexibility index (Phi) is 3.89. The summed E-state index contributed by atoms with van der Waals surface area (Å²) < 4.78 is 0. The largest absolute Gasteiger partial charge is 0.316 e. The van der Waals surface area contributed by atoms with Crippen LogP contribution in [0.3, 0.4) is 0 Å². The van der Waals surface area contributed by atoms with Gasteiger partial charge in [-0.25, -0.2) is 0 Å². The fraction of sp³-hybridized carbons (Fsp3) is 0.778. The quantitative estimate of drug-likeness (QED) is 0.637. The summed E-state index contributed by atoms with van der Waals surface area (Å²) in [5.74, 6) is -0.334. The van der Waals surface area contributed by atoms with E-state index in [4.69, 9.17) is 0 Å². The molecule has 1 fully saturated rings. The molecule has 0 aromatic carbocycles. The lowest BCUT2D eigenvalue weighted by Gasteiger charge is -2.21. The Hall–Kier alpha value is -0.900. The highest BCUT2D eigenvalue weighted by Gasteiger charge is 2.21. The van der Waals surface area contributed by atoms with Gasteiger partial charge in [-0.1, -0.05) is 6.92 Å². The molecule has 1 rings (SSSR count). The van der Waals surface area contributed by atoms with Gasteiger partial charge in [-0.3, -0.25) is 14.9 Å². The average Bonchev–Trinajstić information content (AvgIpc) is 2.19. The fourth-order valence-electron chi connectivity index (χ4n) is 1.40. The van der Waals surface area contributed by atoms with E-state index in [1.807, 2.05) is 0 Å². The maximum absolute atomic E-state index is 11.4. The van der Waals surface area contributed by atoms with Crippen molar-refractivity contribution < 1.29 is 9.59 Å². The third kappa shape index (κ3) is 3.14. The van der Waals surface area contributed by atoms with Crippen molar-refractivity contribution in [3.05, 3.63) is 0 Å². The minimum atomic E-state index is -0.185. The molecule has 1 unspecified atom stereocenters. The van der Waals surface area contributed by atoms with E-state index in [-0.39, 0.29) is 17.7 Å². The van der Waals surface area contributed by atoms with Gasteiger partial charge >= 0.3 is 0 Å². The molecule has 4 heteroatoms. The molecule has 1 saturated heterocycles. The Bertz CT molecular complexity index is 198. The maximum Gasteiger partial charge on any atom is 0.230 e. The van der Waals surface area contributed by atoms with Crippen LogP contribution >= 0.6 is 0 Å². The molecule has 2 amide bonds. The number of nitrogens with one attached hydrogen (secondary N) is 2. The average molecular weight is 184 g/mol. The third-order valence-corrected chi connectivity index (χ3v) is 2.25. The molecular weight excluding hydrogens is 168 g/mol. The summed E-state index contributed by atoms with van der Waals surface area (Å²) in [6.45, 7) is 3.41. The molecule has 0 bridgehead atoms. The number of carbonyl (C=O) groups is 2. The Morgan fingerprint density at radius 1 is 1.54 bits per heavy atom. The SMILES string of the molecule is CCC(=O)NC(=O)C1CCCNC1. The van der Waals surface area contributed by atoms with Gasteiger partial charge in [-0.2, -0.15) is 0 Å². The molecule has 1 aliphatic rings. The van der Waals surface area contributed by atoms with E-state index in [0.29, 0.717) is 13.0 Å². The zero-order valence-electron chi connectivity index (χ0n) is 7.93. The summed E-state index contributed by atoms with van der Waals surface area (Å²) >= 11 is 0. The van der Waals surface area contributed by atoms with Crippen LogP contribution in [-0.2, 0) is 9.59 Å². The minimum Gasteiger partial charge on any atom is -0.316 e. The molecule has 1 aliphatic heterocycles. The van der Waals surface area contributed by atoms with E-state index in [2.05, 4.69) is 10.6 Å². The number of piperidine rings is 1. The molecule has 0 aromatic rings. The van der Waals surface area contributed by atoms with Gasteiger partial charge in [0.2, 0.25) is 11.8 Å². The van der Waals surface area contributed by atoms with Crippen molar-refractivity contribution in [1.29, 1.82) is 0 Å². The third-order valence-electron chi connectivity index (χ3n) is 2.25. The first-order valence-corrected chi connectivity index (χ1v) is 4.78. The first kappa shape index (κ1) is 10.2. The van der Waals surface area contributed by atoms with Gasteiger partial charge in [0.25, 0.3) is 0 Å². The Morgan fingerprint density at radius 3 is 2.85 bits per heavy atom. The molecule has 1 heterocycles. The van der Waals surface area contributed by atoms with Crippen molar-refractivity contribution in [1.82, 2.24) is 10.6 Å². The number of amides is 2. The Morgan fingerprint density at radius 2 is 2.31 bits per heavy atom. The van der Waals surface area contributed by atoms with Crippen molar-refractivity contribution in [2.75, 3.05) is 13.1 Å². The highest BCUT2D eigenvalue weighted by atomic mass is 16.2. The lowest BCUT2D eigenvalue weighted by molar-refractivity contribution is -0.132. The molecule has 1 atom stereocenters. The van der Waals surface area contributed by atoms with Crippen LogP contribution in [-0.4, -0.2) is 24.9 Å². The zero-order valence-corrected chi connectivity index (χ0v) is 7.93. The highest BCUT2D eigenvalue weighted by Crippen LogP contribution is 2.09. The molecule has 0 aliphatic carbocycles. The first-order valence-electron chi connectivity index (χ1n) is 4.78. The van der Waals surface area contributed by atoms with Gasteiger partial charge in [0, 0.05) is 13.0 Å². The van der Waals surface area contributed by atoms with Crippen LogP contribution in [0.2, 0.25) is 0 Å². The molecule has 4 nitrogen and oxygen atoms in total. The predicted octanol–water partition coefficient (Wildman–Crippen LogP) is 0.0388. The minimum absolute atomic E-state index is 0.0238. The first-order chi connectivity index (χ1) is 6.24. The van der Waals surface area contributed by atoms with E-state index >= 15 is 0 Å². The molecule has 2 N–H and O–H groups in total. The van der Waals surface area contributed by atoms with Gasteiger partial charge in [0.05, 0.1) is 5.92 Å². The van der Waals surface area contributed by atoms with Crippen LogP contribution in [0, 0.1) is 5.92 Å². The summed E-state index contributed by atoms with van der Waals surface area (Å²) in [6.07, 6.45) is 2.26. The monoisotopic (exact) mass is 184 g/mol. The summed E-state index contributed by atoms with van der Waals surface area (Å²) in [7, 11) is 0. The summed E-state index contributed by atoms with van der Waals surface area (Å²) in [5, 5.41) is 5.52. The number of hydrogen-bond donors (Lipinski definition) is 2. The molecule has 74 valence electrons. The van der Waals surface area contributed by atoms with Crippen molar-refractivity contribution in [2.45, 2.75) is 26.2 Å². The summed E-state index contributed by atoms with van der Waals surface area (Å²) in [4.78, 5) is 22.3. The van der Waals surface area contributed by atoms with E-state index < -0.39 is 0 Å². The van der Waals surface area contributed by atoms with E-state index in [1.54, 1.807) is 6.92 Å². The van der Waals surface area contributed by atoms with Crippen LogP contribution in [0.5, 0.6) is 0 Å². The molecule has 0 saturated carbocycles. The number of carbonyl (C=O) groups excluding carboxylic acids is 2. The lowest BCUT2D eigenvalue weighted by atomic mass is 9.99. The standard InChI is InChI=1S/C9H16N2O2/c1-2-8(12)11-9(13)7-4-3-5-10-6-7/h7,10H,2-6H2,1H3,(H,11,12,13). The number of rotatable bonds is 2. The smallest absolute Gasteiger partial charge is 0.230 e. The van der Waals surface area contributed by atoms with Crippen molar-refractivity contribution in [3.8, 4) is 0 Å². The van der Waals surface area contributed by atoms with Gasteiger partial charge in [-0.05, 0) is 19.4 Å². The molecule has 0 radical (unpaired) electrons. The van der Waals surface area contributed by atoms with Gasteiger partial charge in [-0.15, -0.1) is 0 Å². The second-order valence-corrected chi connectivity index (χ2v) is 3.31. The van der Waals surface area contributed by atoms with Gasteiger partial charge in [0.15, 0.2) is 0 Å². The number of imide groups is 1. The number of hydrogen-bond acceptors (Lipinski definition) is 3. The second kappa shape index (κ2) is 4.97. The van der Waals surface area contributed by atoms with Gasteiger partial charge in [0.1, 0.15) is 0 Å². The molecular formula is C9H16N2O2. The fourth-order valence-corrected chi connectivity index (χ4v) is 1.40. The van der Waals surface area contributed by atoms with Crippen molar-refractivity contribution >= 4 is 11.8 Å². The van der Waals surface area contributed by atoms with Crippen molar-refractivity contribution in [3.63, 3.8) is 0 Å².